The van der Waals surface area contributed by atoms with Crippen molar-refractivity contribution < 1.29 is 4.74 Å². The van der Waals surface area contributed by atoms with Crippen LogP contribution in [0, 0.1) is 0 Å². The zero-order valence-electron chi connectivity index (χ0n) is 31.2. The number of imidazole rings is 1. The molecule has 8 aromatic rings. The minimum absolute atomic E-state index is 0.144. The Hall–Kier alpha value is -5.85. The van der Waals surface area contributed by atoms with Crippen molar-refractivity contribution in [3.63, 3.8) is 0 Å². The average Bonchev–Trinajstić information content (AvgIpc) is 3.74. The van der Waals surface area contributed by atoms with Crippen LogP contribution in [0.2, 0.25) is 0 Å². The fourth-order valence-corrected chi connectivity index (χ4v) is 8.33. The van der Waals surface area contributed by atoms with Crippen LogP contribution in [0.25, 0.3) is 0 Å². The van der Waals surface area contributed by atoms with Crippen molar-refractivity contribution in [2.24, 2.45) is 0 Å². The third kappa shape index (κ3) is 7.67. The summed E-state index contributed by atoms with van der Waals surface area (Å²) in [6, 6.07) is 72.7. The van der Waals surface area contributed by atoms with Crippen molar-refractivity contribution in [2.75, 3.05) is 6.61 Å². The molecule has 0 fully saturated rings. The number of nitrogens with one attached hydrogen (secondary N) is 1. The molecule has 0 aliphatic heterocycles. The van der Waals surface area contributed by atoms with Crippen LogP contribution in [0.5, 0.6) is 0 Å². The normalized spacial score (nSPS) is 12.3. The lowest BCUT2D eigenvalue weighted by molar-refractivity contribution is 0.0920. The van der Waals surface area contributed by atoms with Gasteiger partial charge in [0, 0.05) is 23.1 Å². The van der Waals surface area contributed by atoms with E-state index in [9.17, 15) is 0 Å². The van der Waals surface area contributed by atoms with Gasteiger partial charge in [-0.1, -0.05) is 210 Å². The Labute approximate surface area is 338 Å². The molecule has 0 radical (unpaired) electrons. The summed E-state index contributed by atoms with van der Waals surface area (Å²) in [7, 11) is 0. The molecular weight excluding hydrogens is 750 g/mol. The summed E-state index contributed by atoms with van der Waals surface area (Å²) < 4.78 is 9.96. The molecule has 4 nitrogen and oxygen atoms in total. The van der Waals surface area contributed by atoms with Gasteiger partial charge in [0.25, 0.3) is 0 Å². The monoisotopic (exact) mass is 793 g/mol. The number of benzene rings is 7. The van der Waals surface area contributed by atoms with Crippen molar-refractivity contribution >= 4 is 15.9 Å². The van der Waals surface area contributed by atoms with Crippen LogP contribution >= 0.6 is 15.9 Å². The molecule has 56 heavy (non-hydrogen) atoms. The third-order valence-electron chi connectivity index (χ3n) is 10.6. The first-order valence-corrected chi connectivity index (χ1v) is 19.9. The topological polar surface area (TPSA) is 39.1 Å². The fraction of sp³-hybridized carbons (Fsp3) is 0.118. The van der Waals surface area contributed by atoms with E-state index in [1.165, 1.54) is 0 Å². The Morgan fingerprint density at radius 1 is 0.518 bits per heavy atom. The number of nitrogens with zero attached hydrogens (tertiary/aromatic N) is 2. The predicted octanol–water partition coefficient (Wildman–Crippen LogP) is 11.2. The van der Waals surface area contributed by atoms with Crippen molar-refractivity contribution in [3.8, 4) is 0 Å². The Balaban J connectivity index is 1.24. The number of hydrogen-bond acceptors (Lipinski definition) is 3. The summed E-state index contributed by atoms with van der Waals surface area (Å²) in [6.45, 7) is 0.951. The highest BCUT2D eigenvalue weighted by molar-refractivity contribution is 9.10. The van der Waals surface area contributed by atoms with Crippen LogP contribution in [-0.4, -0.2) is 22.2 Å². The molecule has 1 N–H and O–H groups in total. The maximum atomic E-state index is 6.62. The molecule has 0 bridgehead atoms. The molecule has 1 atom stereocenters. The molecule has 0 aliphatic carbocycles. The van der Waals surface area contributed by atoms with Gasteiger partial charge in [-0.15, -0.1) is 0 Å². The Morgan fingerprint density at radius 3 is 1.32 bits per heavy atom. The van der Waals surface area contributed by atoms with E-state index in [1.54, 1.807) is 0 Å². The van der Waals surface area contributed by atoms with Crippen molar-refractivity contribution in [1.82, 2.24) is 14.9 Å². The second-order valence-corrected chi connectivity index (χ2v) is 15.0. The van der Waals surface area contributed by atoms with Crippen molar-refractivity contribution in [1.29, 1.82) is 0 Å². The zero-order chi connectivity index (χ0) is 38.0. The van der Waals surface area contributed by atoms with Gasteiger partial charge in [0.05, 0.1) is 30.8 Å². The van der Waals surface area contributed by atoms with E-state index in [0.717, 1.165) is 49.1 Å². The zero-order valence-corrected chi connectivity index (χ0v) is 32.7. The Morgan fingerprint density at radius 2 is 0.911 bits per heavy atom. The highest BCUT2D eigenvalue weighted by Crippen LogP contribution is 2.41. The molecule has 0 spiro atoms. The van der Waals surface area contributed by atoms with Crippen LogP contribution in [0.3, 0.4) is 0 Å². The van der Waals surface area contributed by atoms with Crippen LogP contribution < -0.4 is 5.32 Å². The largest absolute Gasteiger partial charge is 0.375 e. The van der Waals surface area contributed by atoms with E-state index in [0.29, 0.717) is 19.6 Å². The maximum absolute atomic E-state index is 6.62. The molecule has 0 aliphatic rings. The summed E-state index contributed by atoms with van der Waals surface area (Å²) in [6.07, 6.45) is 4.85. The van der Waals surface area contributed by atoms with Gasteiger partial charge in [0.1, 0.15) is 5.54 Å². The number of hydrogen-bond donors (Lipinski definition) is 1. The average molecular weight is 795 g/mol. The molecule has 0 saturated carbocycles. The predicted molar refractivity (Wildman–Crippen MR) is 230 cm³/mol. The minimum Gasteiger partial charge on any atom is -0.375 e. The Kier molecular flexibility index (Phi) is 11.5. The van der Waals surface area contributed by atoms with Gasteiger partial charge in [-0.05, 0) is 51.1 Å². The first-order chi connectivity index (χ1) is 27.7. The molecule has 1 heterocycles. The Bertz CT molecular complexity index is 2190. The molecular formula is C51H44BrN3O. The standard InChI is InChI=1S/C51H44BrN3O/c52-47-33-31-40(32-34-47)37-56-38-49(54-50(41-19-7-1-8-20-41,42-21-9-2-10-22-42)43-23-11-3-12-24-43)35-48-36-55(39-53-48)51(44-25-13-4-14-26-44,45-27-15-5-16-28-45)46-29-17-6-18-30-46/h1-34,36,39,49,54H,35,37-38H2/t49-/m0/s1. The molecule has 8 rings (SSSR count). The summed E-state index contributed by atoms with van der Waals surface area (Å²) in [4.78, 5) is 5.18. The highest BCUT2D eigenvalue weighted by Gasteiger charge is 2.40. The van der Waals surface area contributed by atoms with E-state index in [4.69, 9.17) is 9.72 Å². The lowest BCUT2D eigenvalue weighted by Crippen LogP contribution is -2.52. The third-order valence-corrected chi connectivity index (χ3v) is 11.1. The first-order valence-electron chi connectivity index (χ1n) is 19.1. The van der Waals surface area contributed by atoms with E-state index in [1.807, 2.05) is 6.33 Å². The fourth-order valence-electron chi connectivity index (χ4n) is 8.06. The second-order valence-electron chi connectivity index (χ2n) is 14.1. The number of aromatic nitrogens is 2. The SMILES string of the molecule is Brc1ccc(COC[C@H](Cc2cn(C(c3ccccc3)(c3ccccc3)c3ccccc3)cn2)NC(c2ccccc2)(c2ccccc2)c2ccccc2)cc1. The number of rotatable bonds is 15. The lowest BCUT2D eigenvalue weighted by atomic mass is 9.76. The van der Waals surface area contributed by atoms with E-state index >= 15 is 0 Å². The number of ether oxygens (including phenoxy) is 1. The van der Waals surface area contributed by atoms with E-state index < -0.39 is 11.1 Å². The van der Waals surface area contributed by atoms with Gasteiger partial charge in [-0.2, -0.15) is 0 Å². The summed E-state index contributed by atoms with van der Waals surface area (Å²) >= 11 is 3.57. The molecule has 0 unspecified atom stereocenters. The maximum Gasteiger partial charge on any atom is 0.121 e. The van der Waals surface area contributed by atoms with Gasteiger partial charge in [-0.3, -0.25) is 5.32 Å². The lowest BCUT2D eigenvalue weighted by Gasteiger charge is -2.40. The minimum atomic E-state index is -0.681. The molecule has 0 amide bonds. The van der Waals surface area contributed by atoms with Crippen LogP contribution in [0.15, 0.2) is 223 Å². The quantitative estimate of drug-likeness (QED) is 0.105. The first kappa shape index (κ1) is 37.1. The molecule has 1 aromatic heterocycles. The van der Waals surface area contributed by atoms with Gasteiger partial charge >= 0.3 is 0 Å². The molecule has 5 heteroatoms. The summed E-state index contributed by atoms with van der Waals surface area (Å²) in [5, 5.41) is 4.22. The van der Waals surface area contributed by atoms with Gasteiger partial charge in [0.2, 0.25) is 0 Å². The second kappa shape index (κ2) is 17.3. The highest BCUT2D eigenvalue weighted by atomic mass is 79.9. The number of halogens is 1. The van der Waals surface area contributed by atoms with Crippen LogP contribution in [-0.2, 0) is 28.8 Å². The summed E-state index contributed by atoms with van der Waals surface area (Å²) in [5.74, 6) is 0. The van der Waals surface area contributed by atoms with Gasteiger partial charge in [-0.25, -0.2) is 4.98 Å². The van der Waals surface area contributed by atoms with E-state index in [2.05, 4.69) is 238 Å². The molecule has 276 valence electrons. The molecule has 0 saturated heterocycles. The van der Waals surface area contributed by atoms with Gasteiger partial charge < -0.3 is 9.30 Å². The van der Waals surface area contributed by atoms with Gasteiger partial charge in [0.15, 0.2) is 0 Å². The molecule has 7 aromatic carbocycles. The van der Waals surface area contributed by atoms with E-state index in [-0.39, 0.29) is 6.04 Å². The van der Waals surface area contributed by atoms with Crippen molar-refractivity contribution in [2.45, 2.75) is 30.1 Å². The van der Waals surface area contributed by atoms with Crippen molar-refractivity contribution in [3.05, 3.63) is 268 Å². The van der Waals surface area contributed by atoms with Crippen LogP contribution in [0.1, 0.15) is 44.6 Å². The smallest absolute Gasteiger partial charge is 0.121 e. The summed E-state index contributed by atoms with van der Waals surface area (Å²) in [5.41, 5.74) is 7.67. The van der Waals surface area contributed by atoms with Crippen LogP contribution in [0.4, 0.5) is 0 Å².